The fraction of sp³-hybridized carbons (Fsp3) is 0.765. The molecule has 4 amide bonds. The van der Waals surface area contributed by atoms with E-state index in [2.05, 4.69) is 16.0 Å². The first-order chi connectivity index (χ1) is 13.3. The molecule has 28 heavy (non-hydrogen) atoms. The predicted octanol–water partition coefficient (Wildman–Crippen LogP) is -1.88. The summed E-state index contributed by atoms with van der Waals surface area (Å²) in [5.41, 5.74) is 0. The van der Waals surface area contributed by atoms with Crippen molar-refractivity contribution in [1.29, 1.82) is 0 Å². The Morgan fingerprint density at radius 1 is 1.11 bits per heavy atom. The van der Waals surface area contributed by atoms with Crippen molar-refractivity contribution in [1.82, 2.24) is 25.8 Å². The zero-order chi connectivity index (χ0) is 21.5. The number of nitrogens with one attached hydrogen (secondary N) is 3. The zero-order valence-corrected chi connectivity index (χ0v) is 18.2. The molecule has 162 valence electrons. The lowest BCUT2D eigenvalue weighted by Crippen LogP contribution is -2.51. The number of carbonyl (C=O) groups excluding carboxylic acids is 4. The van der Waals surface area contributed by atoms with Crippen molar-refractivity contribution in [2.45, 2.75) is 12.5 Å². The smallest absolute Gasteiger partial charge is 0.242 e. The summed E-state index contributed by atoms with van der Waals surface area (Å²) in [7, 11) is 6.17. The summed E-state index contributed by atoms with van der Waals surface area (Å²) in [6.07, 6.45) is 2.40. The van der Waals surface area contributed by atoms with E-state index in [0.717, 1.165) is 0 Å². The van der Waals surface area contributed by atoms with Crippen LogP contribution in [0.15, 0.2) is 0 Å². The molecule has 0 aromatic rings. The first-order valence-corrected chi connectivity index (χ1v) is 10.3. The molecule has 3 N–H and O–H groups in total. The van der Waals surface area contributed by atoms with Gasteiger partial charge in [0.15, 0.2) is 0 Å². The van der Waals surface area contributed by atoms with Gasteiger partial charge in [-0.05, 0) is 25.5 Å². The normalized spacial score (nSPS) is 11.5. The van der Waals surface area contributed by atoms with Crippen molar-refractivity contribution in [3.8, 4) is 0 Å². The molecule has 0 aromatic carbocycles. The highest BCUT2D eigenvalue weighted by Crippen LogP contribution is 2.02. The number of thioether (sulfide) groups is 1. The van der Waals surface area contributed by atoms with E-state index in [-0.39, 0.29) is 50.5 Å². The number of carbonyl (C=O) groups is 4. The van der Waals surface area contributed by atoms with Crippen LogP contribution in [0.25, 0.3) is 0 Å². The number of methoxy groups -OCH3 is 1. The number of likely N-dealkylation sites (N-methyl/N-ethyl adjacent to an activating group) is 3. The van der Waals surface area contributed by atoms with Gasteiger partial charge in [-0.1, -0.05) is 0 Å². The van der Waals surface area contributed by atoms with Crippen molar-refractivity contribution >= 4 is 35.4 Å². The molecule has 10 nitrogen and oxygen atoms in total. The summed E-state index contributed by atoms with van der Waals surface area (Å²) in [4.78, 5) is 51.3. The second kappa shape index (κ2) is 15.1. The maximum Gasteiger partial charge on any atom is 0.242 e. The fourth-order valence-electron chi connectivity index (χ4n) is 2.26. The van der Waals surface area contributed by atoms with Gasteiger partial charge in [0.2, 0.25) is 23.6 Å². The molecule has 0 saturated carbocycles. The number of amides is 4. The topological polar surface area (TPSA) is 120 Å². The van der Waals surface area contributed by atoms with Crippen LogP contribution >= 0.6 is 11.8 Å². The zero-order valence-electron chi connectivity index (χ0n) is 17.4. The Morgan fingerprint density at radius 3 is 2.32 bits per heavy atom. The van der Waals surface area contributed by atoms with Crippen molar-refractivity contribution in [2.24, 2.45) is 0 Å². The minimum atomic E-state index is -0.663. The molecule has 0 aromatic heterocycles. The molecule has 0 bridgehead atoms. The first kappa shape index (κ1) is 26.1. The van der Waals surface area contributed by atoms with Gasteiger partial charge in [0.05, 0.1) is 26.2 Å². The second-order valence-electron chi connectivity index (χ2n) is 6.10. The molecule has 11 heteroatoms. The summed E-state index contributed by atoms with van der Waals surface area (Å²) in [6.45, 7) is 0.197. The fourth-order valence-corrected chi connectivity index (χ4v) is 2.73. The van der Waals surface area contributed by atoms with Gasteiger partial charge < -0.3 is 30.5 Å². The van der Waals surface area contributed by atoms with Gasteiger partial charge in [-0.3, -0.25) is 19.2 Å². The first-order valence-electron chi connectivity index (χ1n) is 8.95. The molecule has 0 aliphatic carbocycles. The molecule has 0 aliphatic rings. The van der Waals surface area contributed by atoms with Crippen molar-refractivity contribution < 1.29 is 23.9 Å². The van der Waals surface area contributed by atoms with Crippen molar-refractivity contribution in [3.05, 3.63) is 0 Å². The monoisotopic (exact) mass is 419 g/mol. The third kappa shape index (κ3) is 10.5. The Labute approximate surface area is 171 Å². The van der Waals surface area contributed by atoms with Crippen LogP contribution in [0.2, 0.25) is 0 Å². The molecule has 0 saturated heterocycles. The van der Waals surface area contributed by atoms with Gasteiger partial charge in [0.25, 0.3) is 0 Å². The molecule has 0 fully saturated rings. The SMILES string of the molecule is CNCC(=O)N(C)CC(=O)N(CCOC)CC(=O)N[C@H](CCSC)C(=O)NC. The summed E-state index contributed by atoms with van der Waals surface area (Å²) >= 11 is 1.57. The number of rotatable bonds is 14. The Hall–Kier alpha value is -1.85. The van der Waals surface area contributed by atoms with Gasteiger partial charge in [-0.2, -0.15) is 11.8 Å². The quantitative estimate of drug-likeness (QED) is 0.301. The molecule has 0 radical (unpaired) electrons. The van der Waals surface area contributed by atoms with E-state index in [9.17, 15) is 19.2 Å². The van der Waals surface area contributed by atoms with E-state index in [0.29, 0.717) is 12.2 Å². The predicted molar refractivity (Wildman–Crippen MR) is 109 cm³/mol. The largest absolute Gasteiger partial charge is 0.383 e. The van der Waals surface area contributed by atoms with Gasteiger partial charge in [-0.25, -0.2) is 0 Å². The highest BCUT2D eigenvalue weighted by Gasteiger charge is 2.24. The number of hydrogen-bond donors (Lipinski definition) is 3. The van der Waals surface area contributed by atoms with Gasteiger partial charge in [-0.15, -0.1) is 0 Å². The summed E-state index contributed by atoms with van der Waals surface area (Å²) in [5, 5.41) is 7.93. The molecular weight excluding hydrogens is 386 g/mol. The Balaban J connectivity index is 4.94. The summed E-state index contributed by atoms with van der Waals surface area (Å²) in [5.74, 6) is -0.621. The minimum Gasteiger partial charge on any atom is -0.383 e. The number of hydrogen-bond acceptors (Lipinski definition) is 7. The lowest BCUT2D eigenvalue weighted by molar-refractivity contribution is -0.141. The van der Waals surface area contributed by atoms with Crippen LogP contribution in [0, 0.1) is 0 Å². The summed E-state index contributed by atoms with van der Waals surface area (Å²) in [6, 6.07) is -0.663. The number of nitrogens with zero attached hydrogens (tertiary/aromatic N) is 2. The second-order valence-corrected chi connectivity index (χ2v) is 7.09. The molecule has 0 spiro atoms. The molecule has 0 aliphatic heterocycles. The minimum absolute atomic E-state index is 0.117. The van der Waals surface area contributed by atoms with Crippen LogP contribution in [0.4, 0.5) is 0 Å². The van der Waals surface area contributed by atoms with E-state index in [4.69, 9.17) is 4.74 Å². The van der Waals surface area contributed by atoms with E-state index in [1.54, 1.807) is 18.8 Å². The Morgan fingerprint density at radius 2 is 1.79 bits per heavy atom. The van der Waals surface area contributed by atoms with E-state index in [1.807, 2.05) is 6.26 Å². The summed E-state index contributed by atoms with van der Waals surface area (Å²) < 4.78 is 5.00. The third-order valence-electron chi connectivity index (χ3n) is 3.89. The lowest BCUT2D eigenvalue weighted by Gasteiger charge is -2.26. The van der Waals surface area contributed by atoms with Crippen LogP contribution < -0.4 is 16.0 Å². The molecule has 0 unspecified atom stereocenters. The molecule has 0 heterocycles. The average Bonchev–Trinajstić information content (AvgIpc) is 2.67. The van der Waals surface area contributed by atoms with E-state index >= 15 is 0 Å². The maximum absolute atomic E-state index is 12.5. The van der Waals surface area contributed by atoms with Crippen LogP contribution in [0.3, 0.4) is 0 Å². The lowest BCUT2D eigenvalue weighted by atomic mass is 10.2. The molecule has 1 atom stereocenters. The highest BCUT2D eigenvalue weighted by atomic mass is 32.2. The maximum atomic E-state index is 12.5. The standard InChI is InChI=1S/C17H33N5O5S/c1-18-10-15(24)21(3)12-16(25)22(7-8-27-4)11-14(23)20-13(6-9-28-5)17(26)19-2/h13,18H,6-12H2,1-5H3,(H,19,26)(H,20,23)/t13-/m1/s1. The Bertz CT molecular complexity index is 520. The molecule has 0 rings (SSSR count). The van der Waals surface area contributed by atoms with Crippen LogP contribution in [0.1, 0.15) is 6.42 Å². The van der Waals surface area contributed by atoms with Crippen LogP contribution in [-0.4, -0.2) is 113 Å². The van der Waals surface area contributed by atoms with Gasteiger partial charge in [0, 0.05) is 27.7 Å². The van der Waals surface area contributed by atoms with Gasteiger partial charge >= 0.3 is 0 Å². The van der Waals surface area contributed by atoms with Crippen molar-refractivity contribution in [2.75, 3.05) is 73.0 Å². The molecular formula is C17H33N5O5S. The highest BCUT2D eigenvalue weighted by molar-refractivity contribution is 7.98. The van der Waals surface area contributed by atoms with Gasteiger partial charge in [0.1, 0.15) is 6.04 Å². The van der Waals surface area contributed by atoms with E-state index in [1.165, 1.54) is 31.0 Å². The van der Waals surface area contributed by atoms with Crippen LogP contribution in [0.5, 0.6) is 0 Å². The average molecular weight is 420 g/mol. The van der Waals surface area contributed by atoms with Crippen LogP contribution in [-0.2, 0) is 23.9 Å². The Kier molecular flexibility index (Phi) is 14.1. The van der Waals surface area contributed by atoms with Crippen molar-refractivity contribution in [3.63, 3.8) is 0 Å². The number of ether oxygens (including phenoxy) is 1. The third-order valence-corrected chi connectivity index (χ3v) is 4.53. The van der Waals surface area contributed by atoms with E-state index < -0.39 is 11.9 Å².